The Kier molecular flexibility index (Phi) is 3.83. The van der Waals surface area contributed by atoms with Crippen LogP contribution in [0.2, 0.25) is 0 Å². The first kappa shape index (κ1) is 12.3. The molecule has 1 rings (SSSR count). The van der Waals surface area contributed by atoms with E-state index in [0.29, 0.717) is 9.26 Å². The first-order valence-corrected chi connectivity index (χ1v) is 5.54. The number of alkyl halides is 3. The Labute approximate surface area is 106 Å². The molecule has 0 radical (unpaired) electrons. The molecule has 0 saturated heterocycles. The molecule has 78 valence electrons. The second kappa shape index (κ2) is 4.37. The largest absolute Gasteiger partial charge is 0.573 e. The van der Waals surface area contributed by atoms with E-state index in [1.54, 1.807) is 52.1 Å². The Morgan fingerprint density at radius 1 is 1.36 bits per heavy atom. The van der Waals surface area contributed by atoms with Gasteiger partial charge < -0.3 is 4.74 Å². The summed E-state index contributed by atoms with van der Waals surface area (Å²) in [6.07, 6.45) is -4.67. The van der Waals surface area contributed by atoms with Gasteiger partial charge >= 0.3 is 6.36 Å². The van der Waals surface area contributed by atoms with Crippen LogP contribution >= 0.6 is 45.2 Å². The number of hydrogen-bond acceptors (Lipinski definition) is 2. The van der Waals surface area contributed by atoms with Crippen molar-refractivity contribution in [2.75, 3.05) is 0 Å². The number of aromatic nitrogens is 1. The van der Waals surface area contributed by atoms with Gasteiger partial charge in [-0.25, -0.2) is 4.98 Å². The highest BCUT2D eigenvalue weighted by molar-refractivity contribution is 14.1. The first-order valence-electron chi connectivity index (χ1n) is 3.38. The molecule has 2 nitrogen and oxygen atoms in total. The number of rotatable bonds is 1. The second-order valence-corrected chi connectivity index (χ2v) is 4.60. The molecule has 0 aliphatic rings. The van der Waals surface area contributed by atoms with Gasteiger partial charge in [-0.15, -0.1) is 13.2 Å². The number of ether oxygens (including phenoxy) is 1. The summed E-state index contributed by atoms with van der Waals surface area (Å²) >= 11 is 3.49. The number of nitrogens with zero attached hydrogens (tertiary/aromatic N) is 1. The van der Waals surface area contributed by atoms with Crippen molar-refractivity contribution in [3.8, 4) is 5.75 Å². The third kappa shape index (κ3) is 3.41. The van der Waals surface area contributed by atoms with Crippen LogP contribution in [0.5, 0.6) is 5.75 Å². The molecule has 1 aromatic rings. The van der Waals surface area contributed by atoms with Gasteiger partial charge in [0.2, 0.25) is 0 Å². The van der Waals surface area contributed by atoms with Crippen molar-refractivity contribution < 1.29 is 17.9 Å². The second-order valence-electron chi connectivity index (χ2n) is 2.41. The summed E-state index contributed by atoms with van der Waals surface area (Å²) in [5.74, 6) is -0.232. The normalized spacial score (nSPS) is 11.6. The van der Waals surface area contributed by atoms with Gasteiger partial charge in [0, 0.05) is 5.69 Å². The summed E-state index contributed by atoms with van der Waals surface area (Å²) in [5.41, 5.74) is 0.660. The molecule has 0 atom stereocenters. The van der Waals surface area contributed by atoms with Crippen molar-refractivity contribution in [1.82, 2.24) is 4.98 Å². The molecule has 1 aromatic heterocycles. The molecule has 1 heterocycles. The molecule has 0 bridgehead atoms. The Morgan fingerprint density at radius 2 is 1.93 bits per heavy atom. The van der Waals surface area contributed by atoms with Gasteiger partial charge in [0.15, 0.2) is 5.75 Å². The van der Waals surface area contributed by atoms with Crippen LogP contribution < -0.4 is 4.74 Å². The summed E-state index contributed by atoms with van der Waals surface area (Å²) in [6.45, 7) is 1.71. The lowest BCUT2D eigenvalue weighted by Gasteiger charge is -2.11. The average Bonchev–Trinajstić information content (AvgIpc) is 1.95. The fourth-order valence-corrected chi connectivity index (χ4v) is 2.91. The van der Waals surface area contributed by atoms with Crippen molar-refractivity contribution in [2.45, 2.75) is 13.3 Å². The minimum atomic E-state index is -4.67. The van der Waals surface area contributed by atoms with E-state index in [9.17, 15) is 13.2 Å². The molecule has 0 spiro atoms. The Hall–Kier alpha value is 0.200. The topological polar surface area (TPSA) is 22.1 Å². The molecule has 0 aliphatic carbocycles. The predicted molar refractivity (Wildman–Crippen MR) is 61.1 cm³/mol. The lowest BCUT2D eigenvalue weighted by atomic mass is 10.4. The summed E-state index contributed by atoms with van der Waals surface area (Å²) in [7, 11) is 0. The number of halogens is 5. The van der Waals surface area contributed by atoms with Gasteiger partial charge in [-0.1, -0.05) is 0 Å². The van der Waals surface area contributed by atoms with E-state index in [0.717, 1.165) is 0 Å². The Balaban J connectivity index is 3.09. The van der Waals surface area contributed by atoms with Gasteiger partial charge in [0.25, 0.3) is 0 Å². The molecule has 14 heavy (non-hydrogen) atoms. The highest BCUT2D eigenvalue weighted by atomic mass is 127. The van der Waals surface area contributed by atoms with Gasteiger partial charge in [0.05, 0.1) is 3.57 Å². The third-order valence-corrected chi connectivity index (χ3v) is 2.76. The lowest BCUT2D eigenvalue weighted by molar-refractivity contribution is -0.275. The molecule has 0 unspecified atom stereocenters. The molecule has 0 N–H and O–H groups in total. The zero-order valence-electron chi connectivity index (χ0n) is 6.82. The minimum Gasteiger partial charge on any atom is -0.402 e. The highest BCUT2D eigenvalue weighted by Gasteiger charge is 2.33. The molecule has 0 aliphatic heterocycles. The maximum atomic E-state index is 11.9. The van der Waals surface area contributed by atoms with Crippen molar-refractivity contribution in [2.24, 2.45) is 0 Å². The maximum absolute atomic E-state index is 11.9. The zero-order valence-corrected chi connectivity index (χ0v) is 11.1. The highest BCUT2D eigenvalue weighted by Crippen LogP contribution is 2.31. The predicted octanol–water partition coefficient (Wildman–Crippen LogP) is 3.50. The SMILES string of the molecule is Cc1cc(I)c(OC(F)(F)F)c(I)n1. The first-order chi connectivity index (χ1) is 6.29. The number of pyridine rings is 1. The van der Waals surface area contributed by atoms with Crippen molar-refractivity contribution in [1.29, 1.82) is 0 Å². The van der Waals surface area contributed by atoms with E-state index >= 15 is 0 Å². The maximum Gasteiger partial charge on any atom is 0.573 e. The summed E-state index contributed by atoms with van der Waals surface area (Å²) < 4.78 is 40.3. The van der Waals surface area contributed by atoms with Crippen molar-refractivity contribution in [3.63, 3.8) is 0 Å². The Morgan fingerprint density at radius 3 is 2.36 bits per heavy atom. The monoisotopic (exact) mass is 429 g/mol. The van der Waals surface area contributed by atoms with E-state index in [1.165, 1.54) is 6.07 Å². The molecule has 0 saturated carbocycles. The van der Waals surface area contributed by atoms with Crippen LogP contribution in [-0.4, -0.2) is 11.3 Å². The van der Waals surface area contributed by atoms with Gasteiger partial charge in [0.1, 0.15) is 3.70 Å². The minimum absolute atomic E-state index is 0.212. The van der Waals surface area contributed by atoms with E-state index in [1.807, 2.05) is 0 Å². The van der Waals surface area contributed by atoms with Crippen LogP contribution in [0.3, 0.4) is 0 Å². The van der Waals surface area contributed by atoms with Gasteiger partial charge in [-0.2, -0.15) is 0 Å². The van der Waals surface area contributed by atoms with Crippen LogP contribution in [0.4, 0.5) is 13.2 Å². The van der Waals surface area contributed by atoms with Gasteiger partial charge in [-0.05, 0) is 58.2 Å². The van der Waals surface area contributed by atoms with E-state index < -0.39 is 6.36 Å². The number of hydrogen-bond donors (Lipinski definition) is 0. The molecule has 0 aromatic carbocycles. The molecular weight excluding hydrogens is 425 g/mol. The Bertz CT molecular complexity index is 330. The van der Waals surface area contributed by atoms with E-state index in [-0.39, 0.29) is 9.45 Å². The summed E-state index contributed by atoms with van der Waals surface area (Å²) in [4.78, 5) is 3.88. The third-order valence-electron chi connectivity index (χ3n) is 1.23. The zero-order chi connectivity index (χ0) is 10.9. The lowest BCUT2D eigenvalue weighted by Crippen LogP contribution is -2.19. The molecule has 0 fully saturated rings. The van der Waals surface area contributed by atoms with E-state index in [2.05, 4.69) is 9.72 Å². The van der Waals surface area contributed by atoms with Crippen molar-refractivity contribution >= 4 is 45.2 Å². The fourth-order valence-electron chi connectivity index (χ4n) is 0.792. The number of aryl methyl sites for hydroxylation is 1. The van der Waals surface area contributed by atoms with Crippen molar-refractivity contribution in [3.05, 3.63) is 19.0 Å². The van der Waals surface area contributed by atoms with Crippen LogP contribution in [0.15, 0.2) is 6.07 Å². The molecular formula is C7H4F3I2NO. The molecule has 0 amide bonds. The standard InChI is InChI=1S/C7H4F3I2NO/c1-3-2-4(11)5(6(12)13-3)14-7(8,9)10/h2H,1H3. The smallest absolute Gasteiger partial charge is 0.402 e. The van der Waals surface area contributed by atoms with E-state index in [4.69, 9.17) is 0 Å². The summed E-state index contributed by atoms with van der Waals surface area (Å²) in [5, 5.41) is 0. The van der Waals surface area contributed by atoms with Crippen LogP contribution in [0.1, 0.15) is 5.69 Å². The van der Waals surface area contributed by atoms with Gasteiger partial charge in [-0.3, -0.25) is 0 Å². The fraction of sp³-hybridized carbons (Fsp3) is 0.286. The van der Waals surface area contributed by atoms with Crippen LogP contribution in [0, 0.1) is 14.2 Å². The quantitative estimate of drug-likeness (QED) is 0.504. The summed E-state index contributed by atoms with van der Waals surface area (Å²) in [6, 6.07) is 1.53. The molecule has 7 heteroatoms. The van der Waals surface area contributed by atoms with Crippen LogP contribution in [0.25, 0.3) is 0 Å². The van der Waals surface area contributed by atoms with Crippen LogP contribution in [-0.2, 0) is 0 Å². The average molecular weight is 429 g/mol.